The van der Waals surface area contributed by atoms with Gasteiger partial charge in [-0.05, 0) is 91.6 Å². The minimum absolute atomic E-state index is 0.119. The highest BCUT2D eigenvalue weighted by molar-refractivity contribution is 6.30. The summed E-state index contributed by atoms with van der Waals surface area (Å²) in [6, 6.07) is 22.2. The number of nitrogens with zero attached hydrogens (tertiary/aromatic N) is 3. The summed E-state index contributed by atoms with van der Waals surface area (Å²) in [5.74, 6) is -1.24. The summed E-state index contributed by atoms with van der Waals surface area (Å²) in [6.45, 7) is 7.29. The molecular formula is C39H45ClN4O4. The van der Waals surface area contributed by atoms with Gasteiger partial charge in [-0.15, -0.1) is 0 Å². The number of fused-ring (bicyclic) bond motifs is 1. The van der Waals surface area contributed by atoms with E-state index in [1.54, 1.807) is 47.1 Å². The third-order valence-corrected chi connectivity index (χ3v) is 9.40. The number of carbonyl (C=O) groups excluding carboxylic acids is 3. The first kappa shape index (κ1) is 35.0. The molecule has 2 atom stereocenters. The molecule has 0 saturated heterocycles. The van der Waals surface area contributed by atoms with Crippen molar-refractivity contribution in [2.24, 2.45) is 11.8 Å². The highest BCUT2D eigenvalue weighted by atomic mass is 35.5. The number of anilines is 1. The van der Waals surface area contributed by atoms with E-state index in [1.807, 2.05) is 36.1 Å². The molecule has 4 aromatic rings. The quantitative estimate of drug-likeness (QED) is 0.138. The van der Waals surface area contributed by atoms with Crippen molar-refractivity contribution < 1.29 is 19.5 Å². The van der Waals surface area contributed by atoms with Gasteiger partial charge < -0.3 is 15.3 Å². The van der Waals surface area contributed by atoms with Crippen molar-refractivity contribution in [1.82, 2.24) is 14.7 Å². The van der Waals surface area contributed by atoms with Gasteiger partial charge in [-0.25, -0.2) is 4.68 Å². The van der Waals surface area contributed by atoms with Crippen LogP contribution < -0.4 is 5.32 Å². The molecule has 1 heterocycles. The average Bonchev–Trinajstić information content (AvgIpc) is 3.48. The van der Waals surface area contributed by atoms with Gasteiger partial charge in [-0.2, -0.15) is 5.10 Å². The second-order valence-corrected chi connectivity index (χ2v) is 13.2. The lowest BCUT2D eigenvalue weighted by atomic mass is 9.73. The third-order valence-electron chi connectivity index (χ3n) is 9.17. The van der Waals surface area contributed by atoms with Crippen LogP contribution in [0.25, 0.3) is 5.69 Å². The van der Waals surface area contributed by atoms with Crippen molar-refractivity contribution >= 4 is 34.9 Å². The van der Waals surface area contributed by atoms with Crippen molar-refractivity contribution in [2.45, 2.75) is 65.7 Å². The smallest absolute Gasteiger partial charge is 0.274 e. The van der Waals surface area contributed by atoms with E-state index < -0.39 is 5.92 Å². The number of aryl methyl sites for hydroxylation is 1. The number of aliphatic hydroxyl groups excluding tert-OH is 1. The number of benzene rings is 3. The zero-order chi connectivity index (χ0) is 34.2. The summed E-state index contributed by atoms with van der Waals surface area (Å²) in [5.41, 5.74) is 5.42. The zero-order valence-electron chi connectivity index (χ0n) is 28.0. The lowest BCUT2D eigenvalue weighted by Gasteiger charge is -2.31. The monoisotopic (exact) mass is 668 g/mol. The number of halogens is 1. The topological polar surface area (TPSA) is 105 Å². The lowest BCUT2D eigenvalue weighted by molar-refractivity contribution is -0.115. The van der Waals surface area contributed by atoms with Gasteiger partial charge in [0.1, 0.15) is 0 Å². The second kappa shape index (κ2) is 16.2. The van der Waals surface area contributed by atoms with E-state index in [0.717, 1.165) is 42.4 Å². The van der Waals surface area contributed by atoms with Gasteiger partial charge in [0.15, 0.2) is 11.5 Å². The highest BCUT2D eigenvalue weighted by Gasteiger charge is 2.35. The molecule has 0 bridgehead atoms. The largest absolute Gasteiger partial charge is 0.396 e. The summed E-state index contributed by atoms with van der Waals surface area (Å²) in [5, 5.41) is 18.7. The Morgan fingerprint density at radius 2 is 1.65 bits per heavy atom. The first-order chi connectivity index (χ1) is 23.2. The second-order valence-electron chi connectivity index (χ2n) is 12.8. The van der Waals surface area contributed by atoms with E-state index in [1.165, 1.54) is 0 Å². The normalized spacial score (nSPS) is 15.5. The molecule has 1 aromatic heterocycles. The molecule has 9 heteroatoms. The summed E-state index contributed by atoms with van der Waals surface area (Å²) >= 11 is 6.13. The number of ketones is 1. The average molecular weight is 669 g/mol. The van der Waals surface area contributed by atoms with Gasteiger partial charge in [0, 0.05) is 47.6 Å². The Kier molecular flexibility index (Phi) is 11.8. The number of unbranched alkanes of at least 4 members (excludes halogenated alkanes) is 2. The van der Waals surface area contributed by atoms with Gasteiger partial charge in [0.05, 0.1) is 12.1 Å². The maximum atomic E-state index is 14.6. The van der Waals surface area contributed by atoms with E-state index in [0.29, 0.717) is 59.3 Å². The van der Waals surface area contributed by atoms with Gasteiger partial charge >= 0.3 is 0 Å². The van der Waals surface area contributed by atoms with E-state index in [9.17, 15) is 19.5 Å². The molecular weight excluding hydrogens is 624 g/mol. The van der Waals surface area contributed by atoms with Gasteiger partial charge in [0.25, 0.3) is 5.91 Å². The number of hydrogen-bond acceptors (Lipinski definition) is 5. The number of aliphatic hydroxyl groups is 1. The van der Waals surface area contributed by atoms with Crippen molar-refractivity contribution in [3.8, 4) is 5.69 Å². The molecule has 0 aliphatic heterocycles. The molecule has 48 heavy (non-hydrogen) atoms. The Labute approximate surface area is 288 Å². The Bertz CT molecular complexity index is 1760. The fourth-order valence-corrected chi connectivity index (χ4v) is 6.73. The maximum absolute atomic E-state index is 14.6. The highest BCUT2D eigenvalue weighted by Crippen LogP contribution is 2.35. The molecule has 8 nitrogen and oxygen atoms in total. The van der Waals surface area contributed by atoms with Crippen LogP contribution in [0.1, 0.15) is 82.8 Å². The Hall–Kier alpha value is -4.27. The first-order valence-electron chi connectivity index (χ1n) is 17.0. The molecule has 1 aliphatic rings. The summed E-state index contributed by atoms with van der Waals surface area (Å²) in [4.78, 5) is 43.2. The molecule has 0 fully saturated rings. The van der Waals surface area contributed by atoms with Gasteiger partial charge in [-0.1, -0.05) is 74.7 Å². The standard InChI is InChI=1S/C39H45ClN4O4/c1-4-6-17-43(18-7-5-2)39(48)35-19-26(3)44(42-35)36-16-15-32(41-37(46)21-27-11-10-14-31(40)20-27)24-34(36)38(47)33-23-29-13-9-8-12-28(29)22-30(33)25-45/h8-16,19-20,24,30,33,45H,4-7,17-18,21-23,25H2,1-3H3,(H,41,46)/t30-,33?/m0/s1. The number of carbonyl (C=O) groups is 3. The van der Waals surface area contributed by atoms with Crippen LogP contribution in [-0.2, 0) is 24.1 Å². The zero-order valence-corrected chi connectivity index (χ0v) is 28.8. The van der Waals surface area contributed by atoms with Crippen molar-refractivity contribution in [2.75, 3.05) is 25.0 Å². The number of amides is 2. The summed E-state index contributed by atoms with van der Waals surface area (Å²) < 4.78 is 1.65. The molecule has 2 amide bonds. The minimum Gasteiger partial charge on any atom is -0.396 e. The molecule has 1 unspecified atom stereocenters. The first-order valence-corrected chi connectivity index (χ1v) is 17.4. The molecule has 0 spiro atoms. The van der Waals surface area contributed by atoms with E-state index >= 15 is 0 Å². The fraction of sp³-hybridized carbons (Fsp3) is 0.385. The van der Waals surface area contributed by atoms with Crippen LogP contribution >= 0.6 is 11.6 Å². The number of rotatable bonds is 14. The van der Waals surface area contributed by atoms with Crippen molar-refractivity contribution in [1.29, 1.82) is 0 Å². The predicted octanol–water partition coefficient (Wildman–Crippen LogP) is 7.26. The fourth-order valence-electron chi connectivity index (χ4n) is 6.51. The number of Topliss-reactive ketones (excluding diaryl/α,β-unsaturated/α-hetero) is 1. The molecule has 3 aromatic carbocycles. The Morgan fingerprint density at radius 1 is 0.938 bits per heavy atom. The van der Waals surface area contributed by atoms with Crippen molar-refractivity contribution in [3.63, 3.8) is 0 Å². The number of hydrogen-bond donors (Lipinski definition) is 2. The Morgan fingerprint density at radius 3 is 2.31 bits per heavy atom. The number of aromatic nitrogens is 2. The van der Waals surface area contributed by atoms with Crippen LogP contribution in [0.3, 0.4) is 0 Å². The maximum Gasteiger partial charge on any atom is 0.274 e. The molecule has 252 valence electrons. The molecule has 1 aliphatic carbocycles. The Balaban J connectivity index is 1.51. The van der Waals surface area contributed by atoms with Gasteiger partial charge in [0.2, 0.25) is 5.91 Å². The predicted molar refractivity (Wildman–Crippen MR) is 190 cm³/mol. The van der Waals surface area contributed by atoms with Crippen LogP contribution in [0.5, 0.6) is 0 Å². The number of nitrogens with one attached hydrogen (secondary N) is 1. The van der Waals surface area contributed by atoms with Gasteiger partial charge in [-0.3, -0.25) is 14.4 Å². The summed E-state index contributed by atoms with van der Waals surface area (Å²) in [6.07, 6.45) is 5.00. The van der Waals surface area contributed by atoms with Crippen LogP contribution in [-0.4, -0.2) is 57.1 Å². The molecule has 0 radical (unpaired) electrons. The lowest BCUT2D eigenvalue weighted by Crippen LogP contribution is -2.34. The van der Waals surface area contributed by atoms with E-state index in [-0.39, 0.29) is 36.5 Å². The molecule has 0 saturated carbocycles. The van der Waals surface area contributed by atoms with Crippen molar-refractivity contribution in [3.05, 3.63) is 111 Å². The molecule has 2 N–H and O–H groups in total. The van der Waals surface area contributed by atoms with E-state index in [2.05, 4.69) is 25.2 Å². The van der Waals surface area contributed by atoms with Crippen LogP contribution in [0.4, 0.5) is 5.69 Å². The van der Waals surface area contributed by atoms with Crippen LogP contribution in [0.2, 0.25) is 5.02 Å². The minimum atomic E-state index is -0.475. The summed E-state index contributed by atoms with van der Waals surface area (Å²) in [7, 11) is 0. The SMILES string of the molecule is CCCCN(CCCC)C(=O)c1cc(C)n(-c2ccc(NC(=O)Cc3cccc(Cl)c3)cc2C(=O)C2Cc3ccccc3C[C@H]2CO)n1. The van der Waals surface area contributed by atoms with E-state index in [4.69, 9.17) is 16.7 Å². The van der Waals surface area contributed by atoms with Crippen LogP contribution in [0.15, 0.2) is 72.8 Å². The molecule has 5 rings (SSSR count). The third kappa shape index (κ3) is 8.23. The van der Waals surface area contributed by atoms with Crippen LogP contribution in [0, 0.1) is 18.8 Å².